The number of benzene rings is 3. The lowest BCUT2D eigenvalue weighted by Gasteiger charge is -2.32. The van der Waals surface area contributed by atoms with E-state index in [9.17, 15) is 8.42 Å². The lowest BCUT2D eigenvalue weighted by Crippen LogP contribution is -2.34. The first-order chi connectivity index (χ1) is 16.4. The number of fused-ring (bicyclic) bond motifs is 1. The fourth-order valence-electron chi connectivity index (χ4n) is 4.00. The van der Waals surface area contributed by atoms with E-state index in [1.165, 1.54) is 4.31 Å². The number of hydrogen-bond acceptors (Lipinski definition) is 5. The van der Waals surface area contributed by atoms with Gasteiger partial charge in [-0.2, -0.15) is 0 Å². The lowest BCUT2D eigenvalue weighted by molar-refractivity contribution is 0.100. The van der Waals surface area contributed by atoms with E-state index in [4.69, 9.17) is 14.2 Å². The van der Waals surface area contributed by atoms with Gasteiger partial charge in [0.25, 0.3) is 10.0 Å². The molecular formula is C27H25NO5S. The maximum Gasteiger partial charge on any atom is 0.264 e. The second-order valence-electron chi connectivity index (χ2n) is 8.34. The van der Waals surface area contributed by atoms with Crippen LogP contribution in [0.4, 0.5) is 0 Å². The Balaban J connectivity index is 1.65. The molecule has 0 radical (unpaired) electrons. The smallest absolute Gasteiger partial charge is 0.264 e. The molecule has 1 unspecified atom stereocenters. The molecule has 0 amide bonds. The topological polar surface area (TPSA) is 65.1 Å². The molecule has 0 aromatic heterocycles. The van der Waals surface area contributed by atoms with Crippen LogP contribution in [0.25, 0.3) is 5.70 Å². The summed E-state index contributed by atoms with van der Waals surface area (Å²) < 4.78 is 46.3. The highest BCUT2D eigenvalue weighted by molar-refractivity contribution is 7.89. The van der Waals surface area contributed by atoms with Crippen molar-refractivity contribution in [3.8, 4) is 11.5 Å². The maximum atomic E-state index is 13.9. The Hall–Kier alpha value is -3.55. The summed E-state index contributed by atoms with van der Waals surface area (Å²) in [5.74, 6) is 1.32. The molecule has 0 spiro atoms. The van der Waals surface area contributed by atoms with Crippen molar-refractivity contribution in [1.29, 1.82) is 0 Å². The van der Waals surface area contributed by atoms with Gasteiger partial charge < -0.3 is 14.2 Å². The lowest BCUT2D eigenvalue weighted by atomic mass is 10.0. The molecule has 174 valence electrons. The largest absolute Gasteiger partial charge is 0.454 e. The summed E-state index contributed by atoms with van der Waals surface area (Å²) in [6.07, 6.45) is 1.34. The molecule has 1 atom stereocenters. The van der Waals surface area contributed by atoms with E-state index in [2.05, 4.69) is 6.58 Å². The zero-order chi connectivity index (χ0) is 23.7. The van der Waals surface area contributed by atoms with Crippen LogP contribution >= 0.6 is 0 Å². The molecule has 0 N–H and O–H groups in total. The van der Waals surface area contributed by atoms with E-state index in [1.807, 2.05) is 61.5 Å². The summed E-state index contributed by atoms with van der Waals surface area (Å²) in [5.41, 5.74) is 3.78. The summed E-state index contributed by atoms with van der Waals surface area (Å²) in [4.78, 5) is 0.230. The average molecular weight is 476 g/mol. The minimum atomic E-state index is -3.86. The van der Waals surface area contributed by atoms with E-state index >= 15 is 0 Å². The van der Waals surface area contributed by atoms with Crippen LogP contribution in [0.15, 0.2) is 95.9 Å². The monoisotopic (exact) mass is 475 g/mol. The quantitative estimate of drug-likeness (QED) is 0.492. The molecule has 0 fully saturated rings. The predicted octanol–water partition coefficient (Wildman–Crippen LogP) is 5.08. The zero-order valence-corrected chi connectivity index (χ0v) is 19.6. The normalized spacial score (nSPS) is 19.8. The van der Waals surface area contributed by atoms with Crippen LogP contribution in [0.1, 0.15) is 22.8 Å². The van der Waals surface area contributed by atoms with Crippen molar-refractivity contribution in [1.82, 2.24) is 4.31 Å². The number of ether oxygens (including phenoxy) is 3. The Morgan fingerprint density at radius 1 is 0.941 bits per heavy atom. The minimum absolute atomic E-state index is 0.116. The van der Waals surface area contributed by atoms with Gasteiger partial charge in [-0.3, -0.25) is 4.31 Å². The predicted molar refractivity (Wildman–Crippen MR) is 130 cm³/mol. The third kappa shape index (κ3) is 4.32. The van der Waals surface area contributed by atoms with Crippen molar-refractivity contribution in [2.24, 2.45) is 0 Å². The van der Waals surface area contributed by atoms with E-state index in [1.54, 1.807) is 24.3 Å². The van der Waals surface area contributed by atoms with Crippen LogP contribution in [-0.4, -0.2) is 32.7 Å². The summed E-state index contributed by atoms with van der Waals surface area (Å²) in [6.45, 7) is 6.54. The fourth-order valence-corrected chi connectivity index (χ4v) is 5.51. The SMILES string of the molecule is C=C1COC(c2ccc3c(c2)OCO3)/C=C(/c2ccccc2)N(S(=O)(=O)c2ccc(C)cc2)C1. The van der Waals surface area contributed by atoms with E-state index in [0.29, 0.717) is 22.8 Å². The summed E-state index contributed by atoms with van der Waals surface area (Å²) in [5, 5.41) is 0. The Kier molecular flexibility index (Phi) is 5.89. The van der Waals surface area contributed by atoms with Crippen LogP contribution in [0.3, 0.4) is 0 Å². The molecule has 3 aromatic rings. The molecule has 6 nitrogen and oxygen atoms in total. The molecule has 7 heteroatoms. The highest BCUT2D eigenvalue weighted by Gasteiger charge is 2.31. The molecule has 2 aliphatic rings. The first-order valence-corrected chi connectivity index (χ1v) is 12.4. The maximum absolute atomic E-state index is 13.9. The minimum Gasteiger partial charge on any atom is -0.454 e. The second-order valence-corrected chi connectivity index (χ2v) is 10.2. The standard InChI is InChI=1S/C27H25NO5S/c1-19-8-11-23(12-9-19)34(29,30)28-16-20(2)17-31-26(15-24(28)21-6-4-3-5-7-21)22-10-13-25-27(14-22)33-18-32-25/h3-15,26H,2,16-18H2,1H3/b24-15-. The number of aryl methyl sites for hydroxylation is 1. The van der Waals surface area contributed by atoms with Crippen LogP contribution in [0.5, 0.6) is 11.5 Å². The van der Waals surface area contributed by atoms with E-state index in [-0.39, 0.29) is 24.8 Å². The van der Waals surface area contributed by atoms with Gasteiger partial charge >= 0.3 is 0 Å². The Morgan fingerprint density at radius 2 is 1.68 bits per heavy atom. The van der Waals surface area contributed by atoms with Crippen LogP contribution in [-0.2, 0) is 14.8 Å². The van der Waals surface area contributed by atoms with E-state index < -0.39 is 16.1 Å². The van der Waals surface area contributed by atoms with Crippen molar-refractivity contribution < 1.29 is 22.6 Å². The fraction of sp³-hybridized carbons (Fsp3) is 0.185. The third-order valence-corrected chi connectivity index (χ3v) is 7.59. The van der Waals surface area contributed by atoms with Crippen LogP contribution < -0.4 is 9.47 Å². The highest BCUT2D eigenvalue weighted by atomic mass is 32.2. The average Bonchev–Trinajstić information content (AvgIpc) is 3.30. The van der Waals surface area contributed by atoms with E-state index in [0.717, 1.165) is 16.7 Å². The van der Waals surface area contributed by atoms with Gasteiger partial charge in [-0.25, -0.2) is 8.42 Å². The number of sulfonamides is 1. The summed E-state index contributed by atoms with van der Waals surface area (Å²) in [7, 11) is -3.86. The van der Waals surface area contributed by atoms with Gasteiger partial charge in [0.1, 0.15) is 6.10 Å². The van der Waals surface area contributed by atoms with Crippen molar-refractivity contribution in [3.63, 3.8) is 0 Å². The highest BCUT2D eigenvalue weighted by Crippen LogP contribution is 2.38. The summed E-state index contributed by atoms with van der Waals surface area (Å²) in [6, 6.07) is 22.0. The van der Waals surface area contributed by atoms with Crippen molar-refractivity contribution in [2.75, 3.05) is 19.9 Å². The van der Waals surface area contributed by atoms with Crippen LogP contribution in [0.2, 0.25) is 0 Å². The number of rotatable bonds is 4. The van der Waals surface area contributed by atoms with Crippen LogP contribution in [0, 0.1) is 6.92 Å². The van der Waals surface area contributed by atoms with Gasteiger partial charge in [-0.1, -0.05) is 60.7 Å². The molecule has 5 rings (SSSR count). The first-order valence-electron chi connectivity index (χ1n) is 11.0. The second kappa shape index (κ2) is 9.00. The van der Waals surface area contributed by atoms with Gasteiger partial charge in [0.2, 0.25) is 6.79 Å². The molecule has 2 aliphatic heterocycles. The van der Waals surface area contributed by atoms with Crippen molar-refractivity contribution >= 4 is 15.7 Å². The molecule has 0 bridgehead atoms. The Morgan fingerprint density at radius 3 is 2.44 bits per heavy atom. The van der Waals surface area contributed by atoms with Gasteiger partial charge in [-0.15, -0.1) is 0 Å². The Bertz CT molecular complexity index is 1350. The molecule has 34 heavy (non-hydrogen) atoms. The zero-order valence-electron chi connectivity index (χ0n) is 18.8. The third-order valence-electron chi connectivity index (χ3n) is 5.82. The van der Waals surface area contributed by atoms with Gasteiger partial charge in [0.15, 0.2) is 11.5 Å². The number of nitrogens with zero attached hydrogens (tertiary/aromatic N) is 1. The Labute approximate surface area is 199 Å². The van der Waals surface area contributed by atoms with Gasteiger partial charge in [-0.05, 0) is 54.0 Å². The molecule has 0 aliphatic carbocycles. The van der Waals surface area contributed by atoms with Crippen molar-refractivity contribution in [2.45, 2.75) is 17.9 Å². The molecule has 2 heterocycles. The molecule has 3 aromatic carbocycles. The number of hydrogen-bond donors (Lipinski definition) is 0. The van der Waals surface area contributed by atoms with Gasteiger partial charge in [0.05, 0.1) is 23.7 Å². The summed E-state index contributed by atoms with van der Waals surface area (Å²) >= 11 is 0. The molecule has 0 saturated carbocycles. The van der Waals surface area contributed by atoms with Gasteiger partial charge in [0, 0.05) is 0 Å². The first kappa shape index (κ1) is 22.3. The molecular weight excluding hydrogens is 450 g/mol. The molecule has 0 saturated heterocycles. The van der Waals surface area contributed by atoms with Crippen molar-refractivity contribution in [3.05, 3.63) is 108 Å².